The molecule has 2 rings (SSSR count). The van der Waals surface area contributed by atoms with Gasteiger partial charge >= 0.3 is 0 Å². The second kappa shape index (κ2) is 5.40. The Morgan fingerprint density at radius 2 is 1.81 bits per heavy atom. The van der Waals surface area contributed by atoms with E-state index in [1.165, 1.54) is 0 Å². The number of rotatable bonds is 4. The number of fused-ring (bicyclic) bond motifs is 1. The Morgan fingerprint density at radius 1 is 1.19 bits per heavy atom. The molecule has 21 heavy (non-hydrogen) atoms. The van der Waals surface area contributed by atoms with Crippen LogP contribution in [-0.4, -0.2) is 26.3 Å². The number of sulfone groups is 1. The molecule has 1 heterocycles. The van der Waals surface area contributed by atoms with Crippen molar-refractivity contribution in [2.45, 2.75) is 57.4 Å². The molecule has 118 valence electrons. The molecule has 1 aliphatic heterocycles. The highest BCUT2D eigenvalue weighted by molar-refractivity contribution is 7.91. The number of hydrogen-bond donors (Lipinski definition) is 1. The predicted molar refractivity (Wildman–Crippen MR) is 87.4 cm³/mol. The summed E-state index contributed by atoms with van der Waals surface area (Å²) in [5.41, 5.74) is 0.970. The van der Waals surface area contributed by atoms with Gasteiger partial charge < -0.3 is 5.32 Å². The molecule has 4 heteroatoms. The normalized spacial score (nSPS) is 23.6. The van der Waals surface area contributed by atoms with E-state index in [2.05, 4.69) is 39.9 Å². The van der Waals surface area contributed by atoms with Gasteiger partial charge in [-0.05, 0) is 44.2 Å². The first-order valence-electron chi connectivity index (χ1n) is 7.66. The summed E-state index contributed by atoms with van der Waals surface area (Å²) in [6.07, 6.45) is 0.949. The van der Waals surface area contributed by atoms with Crippen LogP contribution >= 0.6 is 0 Å². The monoisotopic (exact) mass is 309 g/mol. The molecule has 0 bridgehead atoms. The van der Waals surface area contributed by atoms with Gasteiger partial charge in [0, 0.05) is 18.0 Å². The average Bonchev–Trinajstić information content (AvgIpc) is 2.69. The Bertz CT molecular complexity index is 616. The van der Waals surface area contributed by atoms with E-state index < -0.39 is 9.84 Å². The van der Waals surface area contributed by atoms with Gasteiger partial charge in [0.25, 0.3) is 0 Å². The lowest BCUT2D eigenvalue weighted by molar-refractivity contribution is 0.219. The zero-order valence-electron chi connectivity index (χ0n) is 13.7. The minimum absolute atomic E-state index is 0.0351. The Kier molecular flexibility index (Phi) is 4.24. The van der Waals surface area contributed by atoms with E-state index in [0.717, 1.165) is 18.5 Å². The smallest absolute Gasteiger partial charge is 0.179 e. The van der Waals surface area contributed by atoms with Gasteiger partial charge in [0.1, 0.15) is 0 Å². The fourth-order valence-corrected chi connectivity index (χ4v) is 5.04. The van der Waals surface area contributed by atoms with Gasteiger partial charge in [-0.1, -0.05) is 32.0 Å². The van der Waals surface area contributed by atoms with Gasteiger partial charge in [-0.2, -0.15) is 0 Å². The van der Waals surface area contributed by atoms with Crippen LogP contribution in [0.4, 0.5) is 0 Å². The second-order valence-electron chi connectivity index (χ2n) is 7.48. The van der Waals surface area contributed by atoms with Crippen molar-refractivity contribution in [3.8, 4) is 0 Å². The predicted octanol–water partition coefficient (Wildman–Crippen LogP) is 3.36. The summed E-state index contributed by atoms with van der Waals surface area (Å²) in [6, 6.07) is 7.49. The first-order valence-corrected chi connectivity index (χ1v) is 9.31. The van der Waals surface area contributed by atoms with Crippen molar-refractivity contribution in [2.75, 3.05) is 12.3 Å². The molecule has 1 aromatic carbocycles. The van der Waals surface area contributed by atoms with Crippen molar-refractivity contribution in [2.24, 2.45) is 5.41 Å². The minimum atomic E-state index is -3.13. The van der Waals surface area contributed by atoms with Gasteiger partial charge in [-0.3, -0.25) is 0 Å². The molecule has 0 aromatic heterocycles. The van der Waals surface area contributed by atoms with Crippen LogP contribution in [0, 0.1) is 5.41 Å². The van der Waals surface area contributed by atoms with E-state index >= 15 is 0 Å². The van der Waals surface area contributed by atoms with Crippen molar-refractivity contribution in [1.82, 2.24) is 5.32 Å². The summed E-state index contributed by atoms with van der Waals surface area (Å²) < 4.78 is 24.8. The molecular formula is C17H27NO2S. The third-order valence-electron chi connectivity index (χ3n) is 4.69. The van der Waals surface area contributed by atoms with Crippen molar-refractivity contribution < 1.29 is 8.42 Å². The van der Waals surface area contributed by atoms with Gasteiger partial charge in [0.2, 0.25) is 0 Å². The zero-order valence-corrected chi connectivity index (χ0v) is 14.5. The molecule has 0 saturated carbocycles. The average molecular weight is 309 g/mol. The summed E-state index contributed by atoms with van der Waals surface area (Å²) in [5, 5.41) is 3.55. The number of nitrogens with one attached hydrogen (secondary N) is 1. The Hall–Kier alpha value is -0.870. The fraction of sp³-hybridized carbons (Fsp3) is 0.647. The molecule has 0 fully saturated rings. The van der Waals surface area contributed by atoms with Crippen LogP contribution in [0.25, 0.3) is 0 Å². The van der Waals surface area contributed by atoms with Crippen LogP contribution in [0.1, 0.15) is 52.5 Å². The first kappa shape index (κ1) is 16.5. The Morgan fingerprint density at radius 3 is 2.38 bits per heavy atom. The molecule has 0 radical (unpaired) electrons. The first-order chi connectivity index (χ1) is 9.59. The molecule has 1 aliphatic rings. The maximum absolute atomic E-state index is 12.4. The molecule has 0 aliphatic carbocycles. The van der Waals surface area contributed by atoms with E-state index in [9.17, 15) is 8.42 Å². The van der Waals surface area contributed by atoms with E-state index in [0.29, 0.717) is 4.90 Å². The molecule has 0 spiro atoms. The van der Waals surface area contributed by atoms with Crippen LogP contribution in [0.5, 0.6) is 0 Å². The van der Waals surface area contributed by atoms with Crippen molar-refractivity contribution in [1.29, 1.82) is 0 Å². The van der Waals surface area contributed by atoms with Crippen molar-refractivity contribution >= 4 is 9.84 Å². The van der Waals surface area contributed by atoms with E-state index in [4.69, 9.17) is 0 Å². The minimum Gasteiger partial charge on any atom is -0.312 e. The highest BCUT2D eigenvalue weighted by Gasteiger charge is 2.44. The zero-order chi connectivity index (χ0) is 15.9. The molecule has 2 atom stereocenters. The fourth-order valence-electron chi connectivity index (χ4n) is 2.99. The third kappa shape index (κ3) is 3.32. The standard InChI is InChI=1S/C17H27NO2S/c1-6-17(5,12-18-16(2,3)4)14-11-21(19,20)15-10-8-7-9-13(14)15/h7-10,14,18H,6,11-12H2,1-5H3. The summed E-state index contributed by atoms with van der Waals surface area (Å²) in [5.74, 6) is 0.307. The molecule has 2 unspecified atom stereocenters. The highest BCUT2D eigenvalue weighted by Crippen LogP contribution is 2.47. The summed E-state index contributed by atoms with van der Waals surface area (Å²) >= 11 is 0. The summed E-state index contributed by atoms with van der Waals surface area (Å²) in [6.45, 7) is 11.6. The van der Waals surface area contributed by atoms with E-state index in [1.807, 2.05) is 18.2 Å². The lowest BCUT2D eigenvalue weighted by atomic mass is 9.72. The van der Waals surface area contributed by atoms with Crippen LogP contribution in [-0.2, 0) is 9.84 Å². The number of benzene rings is 1. The van der Waals surface area contributed by atoms with Crippen molar-refractivity contribution in [3.05, 3.63) is 29.8 Å². The lowest BCUT2D eigenvalue weighted by Gasteiger charge is -2.37. The van der Waals surface area contributed by atoms with Gasteiger partial charge in [0.05, 0.1) is 10.6 Å². The maximum atomic E-state index is 12.4. The quantitative estimate of drug-likeness (QED) is 0.927. The molecule has 0 saturated heterocycles. The molecule has 3 nitrogen and oxygen atoms in total. The van der Waals surface area contributed by atoms with Gasteiger partial charge in [-0.15, -0.1) is 0 Å². The molecule has 1 aromatic rings. The second-order valence-corrected chi connectivity index (χ2v) is 9.49. The van der Waals surface area contributed by atoms with Crippen LogP contribution in [0.15, 0.2) is 29.2 Å². The molecular weight excluding hydrogens is 282 g/mol. The van der Waals surface area contributed by atoms with E-state index in [-0.39, 0.29) is 22.6 Å². The van der Waals surface area contributed by atoms with Gasteiger partial charge in [-0.25, -0.2) is 8.42 Å². The third-order valence-corrected chi connectivity index (χ3v) is 6.50. The molecule has 1 N–H and O–H groups in total. The van der Waals surface area contributed by atoms with Crippen LogP contribution in [0.2, 0.25) is 0 Å². The number of hydrogen-bond acceptors (Lipinski definition) is 3. The topological polar surface area (TPSA) is 46.2 Å². The van der Waals surface area contributed by atoms with Crippen molar-refractivity contribution in [3.63, 3.8) is 0 Å². The maximum Gasteiger partial charge on any atom is 0.179 e. The van der Waals surface area contributed by atoms with Crippen LogP contribution in [0.3, 0.4) is 0 Å². The van der Waals surface area contributed by atoms with E-state index in [1.54, 1.807) is 6.07 Å². The van der Waals surface area contributed by atoms with Crippen LogP contribution < -0.4 is 5.32 Å². The Balaban J connectivity index is 2.36. The lowest BCUT2D eigenvalue weighted by Crippen LogP contribution is -2.45. The highest BCUT2D eigenvalue weighted by atomic mass is 32.2. The largest absolute Gasteiger partial charge is 0.312 e. The molecule has 0 amide bonds. The van der Waals surface area contributed by atoms with Gasteiger partial charge in [0.15, 0.2) is 9.84 Å². The SMILES string of the molecule is CCC(C)(CNC(C)(C)C)C1CS(=O)(=O)c2ccccc21. The summed E-state index contributed by atoms with van der Waals surface area (Å²) in [7, 11) is -3.13. The Labute approximate surface area is 129 Å². The summed E-state index contributed by atoms with van der Waals surface area (Å²) in [4.78, 5) is 0.533.